The lowest BCUT2D eigenvalue weighted by molar-refractivity contribution is -0.116. The van der Waals surface area contributed by atoms with E-state index in [1.54, 1.807) is 0 Å². The van der Waals surface area contributed by atoms with Crippen LogP contribution in [0.1, 0.15) is 11.3 Å². The van der Waals surface area contributed by atoms with Gasteiger partial charge in [0.15, 0.2) is 23.1 Å². The third kappa shape index (κ3) is 4.45. The lowest BCUT2D eigenvalue weighted by atomic mass is 10.1. The van der Waals surface area contributed by atoms with E-state index in [1.807, 2.05) is 0 Å². The average molecular weight is 486 g/mol. The number of nitrogens with one attached hydrogen (secondary N) is 1. The van der Waals surface area contributed by atoms with Gasteiger partial charge in [-0.1, -0.05) is 6.58 Å². The highest BCUT2D eigenvalue weighted by atomic mass is 19.3. The van der Waals surface area contributed by atoms with Crippen molar-refractivity contribution in [2.45, 2.75) is 25.8 Å². The molecule has 0 saturated carbocycles. The SMILES string of the molecule is C=CC(=O)NCc1cc2c(cn1)CN(c1c(F)c(OC)cc(OC)c1F)C(=O)N2C(F)C(F)F. The van der Waals surface area contributed by atoms with Gasteiger partial charge in [-0.3, -0.25) is 19.6 Å². The van der Waals surface area contributed by atoms with E-state index in [2.05, 4.69) is 16.9 Å². The molecule has 1 unspecified atom stereocenters. The maximum absolute atomic E-state index is 15.0. The fourth-order valence-electron chi connectivity index (χ4n) is 3.31. The van der Waals surface area contributed by atoms with Crippen molar-refractivity contribution < 1.29 is 41.0 Å². The number of methoxy groups -OCH3 is 2. The van der Waals surface area contributed by atoms with Crippen LogP contribution in [0.2, 0.25) is 0 Å². The fraction of sp³-hybridized carbons (Fsp3) is 0.286. The number of amides is 3. The number of hydrogen-bond donors (Lipinski definition) is 1. The lowest BCUT2D eigenvalue weighted by Crippen LogP contribution is -2.53. The first-order valence-corrected chi connectivity index (χ1v) is 9.65. The van der Waals surface area contributed by atoms with Gasteiger partial charge in [-0.2, -0.15) is 0 Å². The van der Waals surface area contributed by atoms with Gasteiger partial charge >= 0.3 is 6.03 Å². The predicted molar refractivity (Wildman–Crippen MR) is 111 cm³/mol. The molecule has 0 aliphatic carbocycles. The van der Waals surface area contributed by atoms with E-state index < -0.39 is 60.0 Å². The Morgan fingerprint density at radius 1 is 1.21 bits per heavy atom. The van der Waals surface area contributed by atoms with Crippen LogP contribution in [0.3, 0.4) is 0 Å². The molecule has 3 rings (SSSR count). The summed E-state index contributed by atoms with van der Waals surface area (Å²) >= 11 is 0. The summed E-state index contributed by atoms with van der Waals surface area (Å²) in [5, 5.41) is 2.41. The summed E-state index contributed by atoms with van der Waals surface area (Å²) in [7, 11) is 2.17. The van der Waals surface area contributed by atoms with Crippen LogP contribution in [0.15, 0.2) is 31.0 Å². The molecule has 13 heteroatoms. The van der Waals surface area contributed by atoms with Crippen LogP contribution in [0.5, 0.6) is 11.5 Å². The van der Waals surface area contributed by atoms with Gasteiger partial charge in [-0.25, -0.2) is 26.7 Å². The summed E-state index contributed by atoms with van der Waals surface area (Å²) in [5.41, 5.74) is -1.13. The van der Waals surface area contributed by atoms with Gasteiger partial charge in [0.2, 0.25) is 12.2 Å². The van der Waals surface area contributed by atoms with E-state index >= 15 is 8.78 Å². The molecule has 1 aromatic carbocycles. The molecule has 0 bridgehead atoms. The van der Waals surface area contributed by atoms with Crippen LogP contribution < -0.4 is 24.6 Å². The van der Waals surface area contributed by atoms with Crippen LogP contribution in [-0.4, -0.2) is 43.9 Å². The molecule has 3 amide bonds. The highest BCUT2D eigenvalue weighted by Crippen LogP contribution is 2.41. The molecule has 0 radical (unpaired) electrons. The molecule has 2 heterocycles. The molecule has 0 fully saturated rings. The Morgan fingerprint density at radius 3 is 2.35 bits per heavy atom. The van der Waals surface area contributed by atoms with Crippen LogP contribution in [0, 0.1) is 11.6 Å². The molecule has 1 N–H and O–H groups in total. The fourth-order valence-corrected chi connectivity index (χ4v) is 3.31. The van der Waals surface area contributed by atoms with Crippen molar-refractivity contribution in [3.8, 4) is 11.5 Å². The molecule has 1 aromatic heterocycles. The van der Waals surface area contributed by atoms with Crippen molar-refractivity contribution in [3.63, 3.8) is 0 Å². The second-order valence-electron chi connectivity index (χ2n) is 6.93. The summed E-state index contributed by atoms with van der Waals surface area (Å²) in [6.45, 7) is 2.58. The number of aromatic nitrogens is 1. The number of benzene rings is 1. The largest absolute Gasteiger partial charge is 0.493 e. The predicted octanol–water partition coefficient (Wildman–Crippen LogP) is 3.69. The number of pyridine rings is 1. The zero-order chi connectivity index (χ0) is 25.2. The van der Waals surface area contributed by atoms with E-state index in [-0.39, 0.29) is 28.4 Å². The Hall–Kier alpha value is -3.90. The molecular formula is C21H19F5N4O4. The molecule has 1 atom stereocenters. The van der Waals surface area contributed by atoms with Gasteiger partial charge in [-0.05, 0) is 12.1 Å². The number of carbonyl (C=O) groups is 2. The van der Waals surface area contributed by atoms with Gasteiger partial charge in [0.05, 0.1) is 38.7 Å². The smallest absolute Gasteiger partial charge is 0.332 e. The van der Waals surface area contributed by atoms with Crippen molar-refractivity contribution in [1.29, 1.82) is 0 Å². The molecule has 8 nitrogen and oxygen atoms in total. The van der Waals surface area contributed by atoms with E-state index in [4.69, 9.17) is 9.47 Å². The highest BCUT2D eigenvalue weighted by molar-refractivity contribution is 6.06. The number of halogens is 5. The Balaban J connectivity index is 2.14. The highest BCUT2D eigenvalue weighted by Gasteiger charge is 2.42. The molecule has 1 aliphatic rings. The number of hydrogen-bond acceptors (Lipinski definition) is 5. The van der Waals surface area contributed by atoms with Crippen LogP contribution in [0.25, 0.3) is 0 Å². The van der Waals surface area contributed by atoms with Gasteiger partial charge in [0, 0.05) is 17.8 Å². The zero-order valence-electron chi connectivity index (χ0n) is 17.9. The number of anilines is 2. The Morgan fingerprint density at radius 2 is 1.82 bits per heavy atom. The number of carbonyl (C=O) groups excluding carboxylic acids is 2. The number of alkyl halides is 3. The Labute approximate surface area is 190 Å². The molecule has 0 spiro atoms. The third-order valence-corrected chi connectivity index (χ3v) is 4.95. The summed E-state index contributed by atoms with van der Waals surface area (Å²) in [4.78, 5) is 29.1. The first-order valence-electron chi connectivity index (χ1n) is 9.65. The van der Waals surface area contributed by atoms with Crippen molar-refractivity contribution in [1.82, 2.24) is 10.3 Å². The number of rotatable bonds is 8. The second-order valence-corrected chi connectivity index (χ2v) is 6.93. The third-order valence-electron chi connectivity index (χ3n) is 4.95. The van der Waals surface area contributed by atoms with Crippen LogP contribution >= 0.6 is 0 Å². The second kappa shape index (κ2) is 9.93. The summed E-state index contributed by atoms with van der Waals surface area (Å²) in [6.07, 6.45) is -4.66. The average Bonchev–Trinajstić information content (AvgIpc) is 2.82. The quantitative estimate of drug-likeness (QED) is 0.350. The van der Waals surface area contributed by atoms with Gasteiger partial charge in [-0.15, -0.1) is 0 Å². The Bertz CT molecular complexity index is 1100. The van der Waals surface area contributed by atoms with Crippen molar-refractivity contribution in [3.05, 3.63) is 53.9 Å². The maximum Gasteiger partial charge on any atom is 0.332 e. The maximum atomic E-state index is 15.0. The first-order chi connectivity index (χ1) is 16.1. The van der Waals surface area contributed by atoms with E-state index in [0.717, 1.165) is 38.6 Å². The van der Waals surface area contributed by atoms with Crippen molar-refractivity contribution in [2.75, 3.05) is 24.0 Å². The van der Waals surface area contributed by atoms with Gasteiger partial charge in [0.25, 0.3) is 6.43 Å². The zero-order valence-corrected chi connectivity index (χ0v) is 17.9. The molecule has 182 valence electrons. The van der Waals surface area contributed by atoms with Crippen LogP contribution in [0.4, 0.5) is 38.1 Å². The van der Waals surface area contributed by atoms with E-state index in [9.17, 15) is 22.8 Å². The minimum atomic E-state index is -3.64. The minimum absolute atomic E-state index is 0.0160. The van der Waals surface area contributed by atoms with E-state index in [1.165, 1.54) is 0 Å². The first kappa shape index (κ1) is 24.7. The summed E-state index contributed by atoms with van der Waals surface area (Å²) < 4.78 is 81.0. The number of ether oxygens (including phenoxy) is 2. The van der Waals surface area contributed by atoms with E-state index in [0.29, 0.717) is 4.90 Å². The Kier molecular flexibility index (Phi) is 7.23. The standard InChI is InChI=1S/C21H19F5N4O4/c1-4-15(31)28-8-11-5-12-10(7-27-11)9-29(21(32)30(12)20(26)19(24)25)18-16(22)13(33-2)6-14(34-3)17(18)23/h4-7,19-20H,1,8-9H2,2-3H3,(H,28,31). The normalized spacial score (nSPS) is 14.1. The molecule has 1 aliphatic heterocycles. The van der Waals surface area contributed by atoms with Gasteiger partial charge in [0.1, 0.15) is 5.69 Å². The lowest BCUT2D eigenvalue weighted by Gasteiger charge is -2.38. The number of fused-ring (bicyclic) bond motifs is 1. The summed E-state index contributed by atoms with van der Waals surface area (Å²) in [6, 6.07) is 0.569. The number of urea groups is 1. The molecule has 34 heavy (non-hydrogen) atoms. The molecule has 2 aromatic rings. The minimum Gasteiger partial charge on any atom is -0.493 e. The number of nitrogens with zero attached hydrogens (tertiary/aromatic N) is 3. The van der Waals surface area contributed by atoms with Crippen molar-refractivity contribution in [2.24, 2.45) is 0 Å². The summed E-state index contributed by atoms with van der Waals surface area (Å²) in [5.74, 6) is -4.16. The van der Waals surface area contributed by atoms with Gasteiger partial charge < -0.3 is 14.8 Å². The molecular weight excluding hydrogens is 467 g/mol. The topological polar surface area (TPSA) is 84.0 Å². The van der Waals surface area contributed by atoms with Crippen LogP contribution in [-0.2, 0) is 17.9 Å². The van der Waals surface area contributed by atoms with Crippen molar-refractivity contribution >= 4 is 23.3 Å². The molecule has 0 saturated heterocycles. The monoisotopic (exact) mass is 486 g/mol.